The topological polar surface area (TPSA) is 46.6 Å². The third-order valence-corrected chi connectivity index (χ3v) is 2.25. The summed E-state index contributed by atoms with van der Waals surface area (Å²) in [6.07, 6.45) is 0.421. The number of ether oxygens (including phenoxy) is 1. The van der Waals surface area contributed by atoms with Gasteiger partial charge in [0.15, 0.2) is 5.78 Å². The van der Waals surface area contributed by atoms with E-state index in [0.717, 1.165) is 5.70 Å². The van der Waals surface area contributed by atoms with Gasteiger partial charge in [-0.25, -0.2) is 4.79 Å². The lowest BCUT2D eigenvalue weighted by Gasteiger charge is -2.23. The summed E-state index contributed by atoms with van der Waals surface area (Å²) in [4.78, 5) is 24.2. The third-order valence-electron chi connectivity index (χ3n) is 2.25. The second kappa shape index (κ2) is 2.33. The van der Waals surface area contributed by atoms with E-state index < -0.39 is 5.97 Å². The van der Waals surface area contributed by atoms with E-state index in [1.807, 2.05) is 11.9 Å². The van der Waals surface area contributed by atoms with Crippen molar-refractivity contribution in [3.8, 4) is 0 Å². The highest BCUT2D eigenvalue weighted by Gasteiger charge is 2.35. The molecule has 0 aliphatic carbocycles. The molecule has 0 saturated carbocycles. The van der Waals surface area contributed by atoms with E-state index in [1.165, 1.54) is 0 Å². The van der Waals surface area contributed by atoms with Crippen molar-refractivity contribution >= 4 is 11.8 Å². The highest BCUT2D eigenvalue weighted by molar-refractivity contribution is 6.19. The first-order valence-electron chi connectivity index (χ1n) is 3.85. The van der Waals surface area contributed by atoms with Crippen LogP contribution in [0.2, 0.25) is 0 Å². The molecule has 0 aromatic carbocycles. The number of Topliss-reactive ketones (excluding diaryl/α,β-unsaturated/α-hetero) is 1. The van der Waals surface area contributed by atoms with Crippen LogP contribution in [-0.2, 0) is 14.3 Å². The van der Waals surface area contributed by atoms with Crippen molar-refractivity contribution in [2.24, 2.45) is 0 Å². The highest BCUT2D eigenvalue weighted by Crippen LogP contribution is 2.24. The van der Waals surface area contributed by atoms with Crippen molar-refractivity contribution in [3.05, 3.63) is 11.3 Å². The molecule has 0 saturated heterocycles. The van der Waals surface area contributed by atoms with E-state index >= 15 is 0 Å². The molecule has 0 unspecified atom stereocenters. The van der Waals surface area contributed by atoms with Crippen LogP contribution >= 0.6 is 0 Å². The highest BCUT2D eigenvalue weighted by atomic mass is 16.5. The van der Waals surface area contributed by atoms with Crippen LogP contribution < -0.4 is 0 Å². The molecule has 0 amide bonds. The molecule has 0 bridgehead atoms. The smallest absolute Gasteiger partial charge is 0.344 e. The first-order valence-corrected chi connectivity index (χ1v) is 3.85. The van der Waals surface area contributed by atoms with Crippen LogP contribution in [0.4, 0.5) is 0 Å². The summed E-state index contributed by atoms with van der Waals surface area (Å²) in [6, 6.07) is 0. The quantitative estimate of drug-likeness (QED) is 0.367. The van der Waals surface area contributed by atoms with Gasteiger partial charge in [0.2, 0.25) is 0 Å². The number of hydrogen-bond donors (Lipinski definition) is 0. The van der Waals surface area contributed by atoms with Crippen LogP contribution in [-0.4, -0.2) is 36.9 Å². The Labute approximate surface area is 69.8 Å². The average molecular weight is 167 g/mol. The molecule has 2 rings (SSSR count). The molecule has 64 valence electrons. The van der Waals surface area contributed by atoms with Crippen LogP contribution in [0.3, 0.4) is 0 Å². The van der Waals surface area contributed by atoms with Gasteiger partial charge in [-0.05, 0) is 0 Å². The zero-order valence-electron chi connectivity index (χ0n) is 6.79. The number of rotatable bonds is 0. The van der Waals surface area contributed by atoms with Crippen LogP contribution in [0.15, 0.2) is 11.3 Å². The Balaban J connectivity index is 2.45. The van der Waals surface area contributed by atoms with E-state index in [2.05, 4.69) is 0 Å². The predicted molar refractivity (Wildman–Crippen MR) is 40.2 cm³/mol. The monoisotopic (exact) mass is 167 g/mol. The first kappa shape index (κ1) is 7.34. The first-order chi connectivity index (χ1) is 5.70. The van der Waals surface area contributed by atoms with Gasteiger partial charge in [0.1, 0.15) is 12.2 Å². The molecular formula is C8H9NO3. The number of nitrogens with zero attached hydrogens (tertiary/aromatic N) is 1. The average Bonchev–Trinajstić information content (AvgIpc) is 2.42. The Kier molecular flexibility index (Phi) is 1.43. The van der Waals surface area contributed by atoms with E-state index in [1.54, 1.807) is 0 Å². The lowest BCUT2D eigenvalue weighted by atomic mass is 10.0. The third kappa shape index (κ3) is 0.841. The van der Waals surface area contributed by atoms with E-state index in [4.69, 9.17) is 4.74 Å². The maximum atomic E-state index is 11.2. The molecule has 0 N–H and O–H groups in total. The number of hydrogen-bond acceptors (Lipinski definition) is 4. The van der Waals surface area contributed by atoms with Crippen molar-refractivity contribution < 1.29 is 14.3 Å². The Morgan fingerprint density at radius 2 is 2.17 bits per heavy atom. The number of esters is 1. The molecule has 0 spiro atoms. The summed E-state index contributed by atoms with van der Waals surface area (Å²) in [6.45, 7) is 0.949. The fraction of sp³-hybridized carbons (Fsp3) is 0.500. The van der Waals surface area contributed by atoms with Crippen LogP contribution in [0.5, 0.6) is 0 Å². The molecule has 0 aromatic rings. The van der Waals surface area contributed by atoms with Gasteiger partial charge >= 0.3 is 5.97 Å². The summed E-state index contributed by atoms with van der Waals surface area (Å²) in [5, 5.41) is 0. The summed E-state index contributed by atoms with van der Waals surface area (Å²) >= 11 is 0. The van der Waals surface area contributed by atoms with Gasteiger partial charge in [-0.1, -0.05) is 0 Å². The lowest BCUT2D eigenvalue weighted by molar-refractivity contribution is -0.137. The van der Waals surface area contributed by atoms with Crippen LogP contribution in [0, 0.1) is 0 Å². The molecule has 2 heterocycles. The zero-order valence-corrected chi connectivity index (χ0v) is 6.79. The van der Waals surface area contributed by atoms with E-state index in [0.29, 0.717) is 13.0 Å². The van der Waals surface area contributed by atoms with Gasteiger partial charge in [0, 0.05) is 20.0 Å². The number of likely N-dealkylation sites (N-methyl/N-ethyl adjacent to an activating group) is 1. The molecule has 4 heteroatoms. The minimum atomic E-state index is -0.457. The maximum Gasteiger partial charge on any atom is 0.344 e. The molecule has 4 nitrogen and oxygen atoms in total. The molecule has 0 aromatic heterocycles. The summed E-state index contributed by atoms with van der Waals surface area (Å²) < 4.78 is 4.77. The van der Waals surface area contributed by atoms with Gasteiger partial charge in [0.25, 0.3) is 0 Å². The van der Waals surface area contributed by atoms with Crippen molar-refractivity contribution in [3.63, 3.8) is 0 Å². The standard InChI is InChI=1S/C8H9NO3/c1-9-3-2-6(10)7-5(9)4-12-8(7)11/h2-4H2,1H3. The number of cyclic esters (lactones) is 1. The number of carbonyl (C=O) groups is 2. The van der Waals surface area contributed by atoms with Crippen LogP contribution in [0.25, 0.3) is 0 Å². The minimum Gasteiger partial charge on any atom is -0.456 e. The van der Waals surface area contributed by atoms with Gasteiger partial charge in [-0.2, -0.15) is 0 Å². The molecule has 0 atom stereocenters. The molecule has 0 fully saturated rings. The predicted octanol–water partition coefficient (Wildman–Crippen LogP) is -0.298. The Bertz CT molecular complexity index is 293. The minimum absolute atomic E-state index is 0.0781. The van der Waals surface area contributed by atoms with E-state index in [-0.39, 0.29) is 18.0 Å². The van der Waals surface area contributed by atoms with Crippen molar-refractivity contribution in [2.45, 2.75) is 6.42 Å². The molecule has 2 aliphatic rings. The SMILES string of the molecule is CN1CCC(=O)C2=C1COC2=O. The second-order valence-corrected chi connectivity index (χ2v) is 2.99. The Morgan fingerprint density at radius 3 is 2.83 bits per heavy atom. The Morgan fingerprint density at radius 1 is 1.42 bits per heavy atom. The van der Waals surface area contributed by atoms with E-state index in [9.17, 15) is 9.59 Å². The normalized spacial score (nSPS) is 22.9. The van der Waals surface area contributed by atoms with Crippen molar-refractivity contribution in [2.75, 3.05) is 20.2 Å². The molecule has 2 aliphatic heterocycles. The Hall–Kier alpha value is -1.32. The van der Waals surface area contributed by atoms with Crippen molar-refractivity contribution in [1.29, 1.82) is 0 Å². The fourth-order valence-electron chi connectivity index (χ4n) is 1.50. The number of ketones is 1. The maximum absolute atomic E-state index is 11.2. The largest absolute Gasteiger partial charge is 0.456 e. The zero-order chi connectivity index (χ0) is 8.72. The van der Waals surface area contributed by atoms with Gasteiger partial charge in [0.05, 0.1) is 5.70 Å². The second-order valence-electron chi connectivity index (χ2n) is 2.99. The van der Waals surface area contributed by atoms with Gasteiger partial charge in [-0.15, -0.1) is 0 Å². The van der Waals surface area contributed by atoms with Crippen LogP contribution in [0.1, 0.15) is 6.42 Å². The van der Waals surface area contributed by atoms with Gasteiger partial charge < -0.3 is 9.64 Å². The molecular weight excluding hydrogens is 158 g/mol. The fourth-order valence-corrected chi connectivity index (χ4v) is 1.50. The number of carbonyl (C=O) groups excluding carboxylic acids is 2. The van der Waals surface area contributed by atoms with Crippen molar-refractivity contribution in [1.82, 2.24) is 4.90 Å². The molecule has 0 radical (unpaired) electrons. The summed E-state index contributed by atoms with van der Waals surface area (Å²) in [7, 11) is 1.86. The summed E-state index contributed by atoms with van der Waals surface area (Å²) in [5.41, 5.74) is 1.01. The summed E-state index contributed by atoms with van der Waals surface area (Å²) in [5.74, 6) is -0.535. The molecule has 12 heavy (non-hydrogen) atoms. The van der Waals surface area contributed by atoms with Gasteiger partial charge in [-0.3, -0.25) is 4.79 Å². The lowest BCUT2D eigenvalue weighted by Crippen LogP contribution is -2.30.